The molecule has 1 aromatic rings. The molecule has 0 N–H and O–H groups in total. The van der Waals surface area contributed by atoms with Gasteiger partial charge in [-0.15, -0.1) is 0 Å². The second kappa shape index (κ2) is 5.45. The Morgan fingerprint density at radius 3 is 2.65 bits per heavy atom. The molecular weight excluding hydrogens is 216 g/mol. The van der Waals surface area contributed by atoms with Crippen molar-refractivity contribution in [3.63, 3.8) is 0 Å². The van der Waals surface area contributed by atoms with Crippen molar-refractivity contribution >= 4 is 5.78 Å². The Bertz CT molecular complexity index is 377. The van der Waals surface area contributed by atoms with Gasteiger partial charge in [-0.25, -0.2) is 0 Å². The highest BCUT2D eigenvalue weighted by Gasteiger charge is 2.32. The van der Waals surface area contributed by atoms with Gasteiger partial charge in [0.05, 0.1) is 11.8 Å². The number of aromatic nitrogens is 2. The van der Waals surface area contributed by atoms with Gasteiger partial charge in [0.15, 0.2) is 5.78 Å². The van der Waals surface area contributed by atoms with E-state index in [1.807, 2.05) is 20.8 Å². The highest BCUT2D eigenvalue weighted by atomic mass is 16.5. The van der Waals surface area contributed by atoms with Crippen LogP contribution in [0, 0.1) is 5.41 Å². The molecule has 0 aromatic carbocycles. The van der Waals surface area contributed by atoms with Crippen LogP contribution in [0.1, 0.15) is 44.5 Å². The molecule has 1 rings (SSSR count). The minimum absolute atomic E-state index is 0.00218. The molecule has 0 bridgehead atoms. The third-order valence-electron chi connectivity index (χ3n) is 2.63. The maximum absolute atomic E-state index is 12.3. The number of hydrogen-bond acceptors (Lipinski definition) is 3. The number of Topliss-reactive ketones (excluding diaryl/α,β-unsaturated/α-hetero) is 1. The van der Waals surface area contributed by atoms with Crippen LogP contribution in [0.3, 0.4) is 0 Å². The predicted molar refractivity (Wildman–Crippen MR) is 67.1 cm³/mol. The highest BCUT2D eigenvalue weighted by molar-refractivity contribution is 5.99. The number of ether oxygens (including phenoxy) is 1. The average Bonchev–Trinajstić information content (AvgIpc) is 2.65. The van der Waals surface area contributed by atoms with Crippen molar-refractivity contribution in [3.8, 4) is 0 Å². The first-order chi connectivity index (χ1) is 7.90. The van der Waals surface area contributed by atoms with Crippen LogP contribution < -0.4 is 0 Å². The number of hydrogen-bond donors (Lipinski definition) is 0. The van der Waals surface area contributed by atoms with Crippen LogP contribution >= 0.6 is 0 Å². The highest BCUT2D eigenvalue weighted by Crippen LogP contribution is 2.24. The second-order valence-corrected chi connectivity index (χ2v) is 5.34. The summed E-state index contributed by atoms with van der Waals surface area (Å²) in [4.78, 5) is 12.3. The second-order valence-electron chi connectivity index (χ2n) is 5.34. The van der Waals surface area contributed by atoms with E-state index in [1.54, 1.807) is 24.2 Å². The molecule has 4 nitrogen and oxygen atoms in total. The lowest BCUT2D eigenvalue weighted by molar-refractivity contribution is 0.0196. The Morgan fingerprint density at radius 1 is 1.53 bits per heavy atom. The molecule has 17 heavy (non-hydrogen) atoms. The molecule has 0 saturated carbocycles. The molecule has 1 aromatic heterocycles. The minimum atomic E-state index is -0.429. The first-order valence-corrected chi connectivity index (χ1v) is 5.99. The lowest BCUT2D eigenvalue weighted by Gasteiger charge is -2.27. The summed E-state index contributed by atoms with van der Waals surface area (Å²) in [5, 5.41) is 4.17. The number of methoxy groups -OCH3 is 1. The number of aryl methyl sites for hydroxylation is 1. The van der Waals surface area contributed by atoms with Crippen molar-refractivity contribution in [3.05, 3.63) is 18.0 Å². The summed E-state index contributed by atoms with van der Waals surface area (Å²) in [6, 6.07) is 0. The van der Waals surface area contributed by atoms with E-state index in [1.165, 1.54) is 0 Å². The quantitative estimate of drug-likeness (QED) is 0.740. The molecule has 96 valence electrons. The maximum atomic E-state index is 12.3. The van der Waals surface area contributed by atoms with Gasteiger partial charge in [0, 0.05) is 19.9 Å². The Kier molecular flexibility index (Phi) is 4.46. The largest absolute Gasteiger partial charge is 0.373 e. The van der Waals surface area contributed by atoms with Crippen LogP contribution in [0.25, 0.3) is 0 Å². The van der Waals surface area contributed by atoms with E-state index in [0.717, 1.165) is 13.0 Å². The maximum Gasteiger partial charge on any atom is 0.195 e. The van der Waals surface area contributed by atoms with E-state index in [0.29, 0.717) is 5.56 Å². The summed E-state index contributed by atoms with van der Waals surface area (Å²) in [5.41, 5.74) is 0.416. The average molecular weight is 238 g/mol. The van der Waals surface area contributed by atoms with Gasteiger partial charge in [0.1, 0.15) is 6.10 Å². The lowest BCUT2D eigenvalue weighted by atomic mass is 9.85. The van der Waals surface area contributed by atoms with Crippen molar-refractivity contribution in [2.75, 3.05) is 7.11 Å². The van der Waals surface area contributed by atoms with Crippen molar-refractivity contribution in [2.45, 2.75) is 46.8 Å². The van der Waals surface area contributed by atoms with Gasteiger partial charge in [-0.1, -0.05) is 27.7 Å². The standard InChI is InChI=1S/C13H22N2O2/c1-6-7-15-9-10(8-14-15)11(16)12(17-5)13(2,3)4/h8-9,12H,6-7H2,1-5H3. The molecule has 1 heterocycles. The molecule has 0 aliphatic rings. The zero-order valence-electron chi connectivity index (χ0n) is 11.4. The van der Waals surface area contributed by atoms with Gasteiger partial charge in [-0.2, -0.15) is 5.10 Å². The number of nitrogens with zero attached hydrogens (tertiary/aromatic N) is 2. The fourth-order valence-electron chi connectivity index (χ4n) is 1.85. The SMILES string of the molecule is CCCn1cc(C(=O)C(OC)C(C)(C)C)cn1. The van der Waals surface area contributed by atoms with Crippen LogP contribution in [-0.4, -0.2) is 28.8 Å². The van der Waals surface area contributed by atoms with Crippen LogP contribution in [0.5, 0.6) is 0 Å². The molecular formula is C13H22N2O2. The summed E-state index contributed by atoms with van der Waals surface area (Å²) in [6.45, 7) is 8.90. The van der Waals surface area contributed by atoms with Crippen molar-refractivity contribution in [1.29, 1.82) is 0 Å². The van der Waals surface area contributed by atoms with E-state index in [-0.39, 0.29) is 11.2 Å². The van der Waals surface area contributed by atoms with Crippen molar-refractivity contribution < 1.29 is 9.53 Å². The minimum Gasteiger partial charge on any atom is -0.373 e. The molecule has 0 fully saturated rings. The first kappa shape index (κ1) is 13.9. The topological polar surface area (TPSA) is 44.1 Å². The van der Waals surface area contributed by atoms with E-state index < -0.39 is 6.10 Å². The molecule has 0 radical (unpaired) electrons. The summed E-state index contributed by atoms with van der Waals surface area (Å²) in [5.74, 6) is 0.00218. The first-order valence-electron chi connectivity index (χ1n) is 5.99. The summed E-state index contributed by atoms with van der Waals surface area (Å²) in [6.07, 6.45) is 3.99. The van der Waals surface area contributed by atoms with Crippen LogP contribution in [0.2, 0.25) is 0 Å². The van der Waals surface area contributed by atoms with E-state index in [9.17, 15) is 4.79 Å². The van der Waals surface area contributed by atoms with Crippen molar-refractivity contribution in [2.24, 2.45) is 5.41 Å². The van der Waals surface area contributed by atoms with Crippen LogP contribution in [0.4, 0.5) is 0 Å². The predicted octanol–water partition coefficient (Wildman–Crippen LogP) is 2.54. The number of rotatable bonds is 5. The molecule has 0 amide bonds. The molecule has 0 aliphatic heterocycles. The van der Waals surface area contributed by atoms with Gasteiger partial charge in [0.2, 0.25) is 0 Å². The molecule has 0 saturated heterocycles. The van der Waals surface area contributed by atoms with Crippen molar-refractivity contribution in [1.82, 2.24) is 9.78 Å². The molecule has 0 aliphatic carbocycles. The fourth-order valence-corrected chi connectivity index (χ4v) is 1.85. The number of carbonyl (C=O) groups excluding carboxylic acids is 1. The van der Waals surface area contributed by atoms with Gasteiger partial charge in [-0.05, 0) is 11.8 Å². The van der Waals surface area contributed by atoms with Gasteiger partial charge in [0.25, 0.3) is 0 Å². The molecule has 1 atom stereocenters. The van der Waals surface area contributed by atoms with Crippen LogP contribution in [-0.2, 0) is 11.3 Å². The summed E-state index contributed by atoms with van der Waals surface area (Å²) >= 11 is 0. The zero-order valence-corrected chi connectivity index (χ0v) is 11.4. The van der Waals surface area contributed by atoms with E-state index in [2.05, 4.69) is 12.0 Å². The Labute approximate surface area is 103 Å². The van der Waals surface area contributed by atoms with Crippen LogP contribution in [0.15, 0.2) is 12.4 Å². The van der Waals surface area contributed by atoms with Gasteiger partial charge < -0.3 is 4.74 Å². The lowest BCUT2D eigenvalue weighted by Crippen LogP contribution is -2.36. The molecule has 1 unspecified atom stereocenters. The third kappa shape index (κ3) is 3.40. The summed E-state index contributed by atoms with van der Waals surface area (Å²) < 4.78 is 7.11. The zero-order chi connectivity index (χ0) is 13.1. The van der Waals surface area contributed by atoms with Gasteiger partial charge in [-0.3, -0.25) is 9.48 Å². The van der Waals surface area contributed by atoms with Gasteiger partial charge >= 0.3 is 0 Å². The normalized spacial score (nSPS) is 13.7. The Hall–Kier alpha value is -1.16. The molecule has 0 spiro atoms. The Balaban J connectivity index is 2.87. The fraction of sp³-hybridized carbons (Fsp3) is 0.692. The molecule has 4 heteroatoms. The third-order valence-corrected chi connectivity index (χ3v) is 2.63. The smallest absolute Gasteiger partial charge is 0.195 e. The Morgan fingerprint density at radius 2 is 2.18 bits per heavy atom. The monoisotopic (exact) mass is 238 g/mol. The number of carbonyl (C=O) groups is 1. The van der Waals surface area contributed by atoms with E-state index >= 15 is 0 Å². The summed E-state index contributed by atoms with van der Waals surface area (Å²) in [7, 11) is 1.57. The van der Waals surface area contributed by atoms with E-state index in [4.69, 9.17) is 4.74 Å². The number of ketones is 1.